The molecular formula is C17H28N2O2. The lowest BCUT2D eigenvalue weighted by Gasteiger charge is -2.30. The smallest absolute Gasteiger partial charge is 0.119 e. The van der Waals surface area contributed by atoms with Gasteiger partial charge in [-0.05, 0) is 49.1 Å². The average molecular weight is 292 g/mol. The van der Waals surface area contributed by atoms with Crippen molar-refractivity contribution >= 4 is 0 Å². The maximum absolute atomic E-state index is 10.6. The second kappa shape index (κ2) is 7.78. The second-order valence-corrected chi connectivity index (χ2v) is 5.89. The second-order valence-electron chi connectivity index (χ2n) is 5.89. The minimum absolute atomic E-state index is 0.427. The molecule has 1 atom stereocenters. The van der Waals surface area contributed by atoms with Crippen molar-refractivity contribution < 1.29 is 9.84 Å². The van der Waals surface area contributed by atoms with Crippen LogP contribution in [0.2, 0.25) is 0 Å². The molecule has 1 heterocycles. The zero-order valence-electron chi connectivity index (χ0n) is 13.5. The molecule has 0 aromatic heterocycles. The third-order valence-electron chi connectivity index (χ3n) is 4.01. The predicted molar refractivity (Wildman–Crippen MR) is 86.0 cm³/mol. The van der Waals surface area contributed by atoms with E-state index in [9.17, 15) is 5.11 Å². The molecule has 0 radical (unpaired) electrons. The Kier molecular flexibility index (Phi) is 6.03. The van der Waals surface area contributed by atoms with Gasteiger partial charge in [-0.1, -0.05) is 6.92 Å². The van der Waals surface area contributed by atoms with Crippen LogP contribution in [-0.4, -0.2) is 49.3 Å². The standard InChI is InChI=1S/C17H28N2O2/c1-4-9-21-15-10-13(2)17(14(3)11-15)16(20)12-19-7-5-18-6-8-19/h10-11,16,18,20H,4-9,12H2,1-3H3. The highest BCUT2D eigenvalue weighted by molar-refractivity contribution is 5.42. The number of aliphatic hydroxyl groups excluding tert-OH is 1. The molecule has 2 N–H and O–H groups in total. The molecule has 0 spiro atoms. The molecule has 21 heavy (non-hydrogen) atoms. The van der Waals surface area contributed by atoms with Crippen LogP contribution in [0.4, 0.5) is 0 Å². The van der Waals surface area contributed by atoms with E-state index >= 15 is 0 Å². The summed E-state index contributed by atoms with van der Waals surface area (Å²) >= 11 is 0. The third-order valence-corrected chi connectivity index (χ3v) is 4.01. The maximum Gasteiger partial charge on any atom is 0.119 e. The maximum atomic E-state index is 10.6. The quantitative estimate of drug-likeness (QED) is 0.842. The topological polar surface area (TPSA) is 44.7 Å². The number of β-amino-alcohol motifs (C(OH)–C–C–N with tert-alkyl or cyclic N) is 1. The van der Waals surface area contributed by atoms with E-state index in [0.29, 0.717) is 6.54 Å². The number of hydrogen-bond donors (Lipinski definition) is 2. The summed E-state index contributed by atoms with van der Waals surface area (Å²) in [5, 5.41) is 13.9. The lowest BCUT2D eigenvalue weighted by atomic mass is 9.97. The molecule has 1 aliphatic heterocycles. The van der Waals surface area contributed by atoms with Crippen LogP contribution in [0.5, 0.6) is 5.75 Å². The molecule has 4 nitrogen and oxygen atoms in total. The van der Waals surface area contributed by atoms with E-state index in [0.717, 1.165) is 61.6 Å². The third kappa shape index (κ3) is 4.43. The first-order valence-corrected chi connectivity index (χ1v) is 7.97. The summed E-state index contributed by atoms with van der Waals surface area (Å²) < 4.78 is 5.70. The fraction of sp³-hybridized carbons (Fsp3) is 0.647. The number of aliphatic hydroxyl groups is 1. The fourth-order valence-corrected chi connectivity index (χ4v) is 2.99. The Morgan fingerprint density at radius 2 is 1.86 bits per heavy atom. The van der Waals surface area contributed by atoms with Crippen molar-refractivity contribution in [2.75, 3.05) is 39.3 Å². The van der Waals surface area contributed by atoms with Crippen LogP contribution in [0.1, 0.15) is 36.1 Å². The van der Waals surface area contributed by atoms with Gasteiger partial charge in [-0.3, -0.25) is 4.90 Å². The van der Waals surface area contributed by atoms with Gasteiger partial charge in [0.1, 0.15) is 5.75 Å². The van der Waals surface area contributed by atoms with Crippen LogP contribution in [0, 0.1) is 13.8 Å². The van der Waals surface area contributed by atoms with E-state index < -0.39 is 6.10 Å². The zero-order chi connectivity index (χ0) is 15.2. The van der Waals surface area contributed by atoms with Crippen molar-refractivity contribution in [2.45, 2.75) is 33.3 Å². The summed E-state index contributed by atoms with van der Waals surface area (Å²) in [6, 6.07) is 4.08. The molecule has 1 saturated heterocycles. The molecule has 0 aliphatic carbocycles. The summed E-state index contributed by atoms with van der Waals surface area (Å²) in [5.41, 5.74) is 3.28. The van der Waals surface area contributed by atoms with Crippen molar-refractivity contribution in [1.29, 1.82) is 0 Å². The molecule has 0 bridgehead atoms. The Hall–Kier alpha value is -1.10. The molecule has 1 fully saturated rings. The van der Waals surface area contributed by atoms with Crippen LogP contribution in [0.3, 0.4) is 0 Å². The van der Waals surface area contributed by atoms with Gasteiger partial charge in [0, 0.05) is 32.7 Å². The van der Waals surface area contributed by atoms with Gasteiger partial charge in [-0.15, -0.1) is 0 Å². The number of ether oxygens (including phenoxy) is 1. The van der Waals surface area contributed by atoms with Crippen molar-refractivity contribution in [3.63, 3.8) is 0 Å². The van der Waals surface area contributed by atoms with E-state index in [1.54, 1.807) is 0 Å². The highest BCUT2D eigenvalue weighted by Gasteiger charge is 2.19. The summed E-state index contributed by atoms with van der Waals surface area (Å²) in [6.45, 7) is 11.7. The van der Waals surface area contributed by atoms with E-state index in [4.69, 9.17) is 4.74 Å². The van der Waals surface area contributed by atoms with Crippen LogP contribution in [0.25, 0.3) is 0 Å². The van der Waals surface area contributed by atoms with E-state index in [2.05, 4.69) is 31.0 Å². The Labute approximate surface area is 128 Å². The summed E-state index contributed by atoms with van der Waals surface area (Å²) in [6.07, 6.45) is 0.578. The molecule has 1 aromatic rings. The van der Waals surface area contributed by atoms with Crippen molar-refractivity contribution in [1.82, 2.24) is 10.2 Å². The summed E-state index contributed by atoms with van der Waals surface area (Å²) in [5.74, 6) is 0.907. The first kappa shape index (κ1) is 16.3. The molecule has 4 heteroatoms. The van der Waals surface area contributed by atoms with Crippen molar-refractivity contribution in [2.24, 2.45) is 0 Å². The molecule has 118 valence electrons. The van der Waals surface area contributed by atoms with E-state index in [1.165, 1.54) is 0 Å². The molecule has 0 saturated carbocycles. The van der Waals surface area contributed by atoms with Gasteiger partial charge in [0.05, 0.1) is 12.7 Å². The minimum atomic E-state index is -0.427. The van der Waals surface area contributed by atoms with Crippen molar-refractivity contribution in [3.05, 3.63) is 28.8 Å². The highest BCUT2D eigenvalue weighted by atomic mass is 16.5. The fourth-order valence-electron chi connectivity index (χ4n) is 2.99. The number of hydrogen-bond acceptors (Lipinski definition) is 4. The van der Waals surface area contributed by atoms with Crippen molar-refractivity contribution in [3.8, 4) is 5.75 Å². The van der Waals surface area contributed by atoms with Crippen LogP contribution in [0.15, 0.2) is 12.1 Å². The molecule has 1 unspecified atom stereocenters. The monoisotopic (exact) mass is 292 g/mol. The highest BCUT2D eigenvalue weighted by Crippen LogP contribution is 2.27. The number of aryl methyl sites for hydroxylation is 2. The predicted octanol–water partition coefficient (Wildman–Crippen LogP) is 2.03. The Morgan fingerprint density at radius 3 is 2.43 bits per heavy atom. The minimum Gasteiger partial charge on any atom is -0.494 e. The van der Waals surface area contributed by atoms with Crippen LogP contribution >= 0.6 is 0 Å². The van der Waals surface area contributed by atoms with Gasteiger partial charge in [0.15, 0.2) is 0 Å². The molecule has 0 amide bonds. The van der Waals surface area contributed by atoms with E-state index in [1.807, 2.05) is 12.1 Å². The van der Waals surface area contributed by atoms with Gasteiger partial charge < -0.3 is 15.2 Å². The number of nitrogens with one attached hydrogen (secondary N) is 1. The first-order valence-electron chi connectivity index (χ1n) is 7.97. The Bertz CT molecular complexity index is 433. The number of rotatable bonds is 6. The number of benzene rings is 1. The van der Waals surface area contributed by atoms with Gasteiger partial charge in [0.25, 0.3) is 0 Å². The average Bonchev–Trinajstić information content (AvgIpc) is 2.45. The van der Waals surface area contributed by atoms with Gasteiger partial charge in [-0.2, -0.15) is 0 Å². The Balaban J connectivity index is 2.07. The number of piperazine rings is 1. The van der Waals surface area contributed by atoms with Crippen LogP contribution in [-0.2, 0) is 0 Å². The largest absolute Gasteiger partial charge is 0.494 e. The number of nitrogens with zero attached hydrogens (tertiary/aromatic N) is 1. The normalized spacial score (nSPS) is 17.7. The SMILES string of the molecule is CCCOc1cc(C)c(C(O)CN2CCNCC2)c(C)c1. The lowest BCUT2D eigenvalue weighted by molar-refractivity contribution is 0.104. The summed E-state index contributed by atoms with van der Waals surface area (Å²) in [7, 11) is 0. The van der Waals surface area contributed by atoms with Gasteiger partial charge in [-0.25, -0.2) is 0 Å². The van der Waals surface area contributed by atoms with E-state index in [-0.39, 0.29) is 0 Å². The zero-order valence-corrected chi connectivity index (χ0v) is 13.5. The lowest BCUT2D eigenvalue weighted by Crippen LogP contribution is -2.45. The van der Waals surface area contributed by atoms with Gasteiger partial charge in [0.2, 0.25) is 0 Å². The molecule has 1 aromatic carbocycles. The Morgan fingerprint density at radius 1 is 1.24 bits per heavy atom. The van der Waals surface area contributed by atoms with Crippen LogP contribution < -0.4 is 10.1 Å². The summed E-state index contributed by atoms with van der Waals surface area (Å²) in [4.78, 5) is 2.32. The molecule has 1 aliphatic rings. The first-order chi connectivity index (χ1) is 10.1. The molecule has 2 rings (SSSR count). The van der Waals surface area contributed by atoms with Gasteiger partial charge >= 0.3 is 0 Å². The molecular weight excluding hydrogens is 264 g/mol.